The highest BCUT2D eigenvalue weighted by Gasteiger charge is 2.31. The maximum Gasteiger partial charge on any atom is 0.207 e. The number of aromatic amines is 1. The number of fused-ring (bicyclic) bond motifs is 3. The van der Waals surface area contributed by atoms with Crippen LogP contribution in [0.15, 0.2) is 82.8 Å². The molecule has 2 aromatic carbocycles. The van der Waals surface area contributed by atoms with Crippen molar-refractivity contribution in [3.05, 3.63) is 73.1 Å². The monoisotopic (exact) mass is 283 g/mol. The molecule has 3 nitrogen and oxygen atoms in total. The summed E-state index contributed by atoms with van der Waals surface area (Å²) in [5.41, 5.74) is 1.63. The lowest BCUT2D eigenvalue weighted by atomic mass is 10.1. The second-order valence-electron chi connectivity index (χ2n) is 4.38. The van der Waals surface area contributed by atoms with E-state index in [0.717, 1.165) is 11.1 Å². The van der Waals surface area contributed by atoms with Gasteiger partial charge in [-0.2, -0.15) is 0 Å². The van der Waals surface area contributed by atoms with Crippen molar-refractivity contribution in [1.29, 1.82) is 0 Å². The summed E-state index contributed by atoms with van der Waals surface area (Å²) in [6, 6.07) is 18.1. The molecular formula is C16H13NO2S. The summed E-state index contributed by atoms with van der Waals surface area (Å²) in [4.78, 5) is 3.71. The minimum atomic E-state index is -3.26. The van der Waals surface area contributed by atoms with Crippen LogP contribution in [0.25, 0.3) is 11.1 Å². The molecule has 20 heavy (non-hydrogen) atoms. The number of hydrogen-bond donors (Lipinski definition) is 1. The van der Waals surface area contributed by atoms with Crippen LogP contribution >= 0.6 is 0 Å². The molecule has 0 saturated heterocycles. The standard InChI is InChI=1S/C12H8O2S.C4H5N/c13-15(14)11-7-3-1-5-9(11)10-6-2-4-8-12(10)15;1-2-4-5-3-1/h1-8H;1-5H. The smallest absolute Gasteiger partial charge is 0.207 e. The van der Waals surface area contributed by atoms with Gasteiger partial charge in [-0.05, 0) is 24.3 Å². The van der Waals surface area contributed by atoms with E-state index in [0.29, 0.717) is 9.79 Å². The van der Waals surface area contributed by atoms with Crippen LogP contribution in [-0.2, 0) is 9.84 Å². The molecule has 0 amide bonds. The first-order valence-electron chi connectivity index (χ1n) is 6.22. The van der Waals surface area contributed by atoms with Gasteiger partial charge in [0.2, 0.25) is 9.84 Å². The first-order chi connectivity index (χ1) is 9.71. The van der Waals surface area contributed by atoms with Gasteiger partial charge >= 0.3 is 0 Å². The summed E-state index contributed by atoms with van der Waals surface area (Å²) in [7, 11) is -3.26. The van der Waals surface area contributed by atoms with Crippen molar-refractivity contribution in [3.63, 3.8) is 0 Å². The van der Waals surface area contributed by atoms with E-state index in [1.54, 1.807) is 24.3 Å². The Kier molecular flexibility index (Phi) is 3.16. The first kappa shape index (κ1) is 12.7. The topological polar surface area (TPSA) is 49.9 Å². The van der Waals surface area contributed by atoms with Crippen LogP contribution in [-0.4, -0.2) is 13.4 Å². The van der Waals surface area contributed by atoms with E-state index in [1.165, 1.54) is 0 Å². The van der Waals surface area contributed by atoms with Gasteiger partial charge in [-0.25, -0.2) is 8.42 Å². The van der Waals surface area contributed by atoms with E-state index in [4.69, 9.17) is 0 Å². The van der Waals surface area contributed by atoms with Crippen LogP contribution in [0.5, 0.6) is 0 Å². The van der Waals surface area contributed by atoms with Crippen molar-refractivity contribution in [2.24, 2.45) is 0 Å². The van der Waals surface area contributed by atoms with Crippen LogP contribution in [0.1, 0.15) is 0 Å². The van der Waals surface area contributed by atoms with E-state index < -0.39 is 9.84 Å². The van der Waals surface area contributed by atoms with E-state index in [2.05, 4.69) is 4.98 Å². The maximum atomic E-state index is 12.1. The molecule has 2 heterocycles. The van der Waals surface area contributed by atoms with Crippen LogP contribution in [0.2, 0.25) is 0 Å². The third kappa shape index (κ3) is 2.04. The third-order valence-electron chi connectivity index (χ3n) is 3.14. The van der Waals surface area contributed by atoms with Gasteiger partial charge in [0.25, 0.3) is 0 Å². The quantitative estimate of drug-likeness (QED) is 0.537. The minimum Gasteiger partial charge on any atom is -0.368 e. The fourth-order valence-electron chi connectivity index (χ4n) is 2.24. The lowest BCUT2D eigenvalue weighted by molar-refractivity contribution is 0.598. The van der Waals surface area contributed by atoms with Crippen molar-refractivity contribution in [2.45, 2.75) is 9.79 Å². The van der Waals surface area contributed by atoms with Crippen LogP contribution < -0.4 is 0 Å². The molecule has 0 fully saturated rings. The van der Waals surface area contributed by atoms with Gasteiger partial charge in [-0.15, -0.1) is 0 Å². The Labute approximate surface area is 117 Å². The number of hydrogen-bond acceptors (Lipinski definition) is 2. The maximum absolute atomic E-state index is 12.1. The van der Waals surface area contributed by atoms with E-state index in [-0.39, 0.29) is 0 Å². The Hall–Kier alpha value is -2.33. The Morgan fingerprint density at radius 1 is 0.650 bits per heavy atom. The van der Waals surface area contributed by atoms with Gasteiger partial charge in [0.1, 0.15) is 0 Å². The molecule has 0 unspecified atom stereocenters. The Morgan fingerprint density at radius 2 is 1.10 bits per heavy atom. The molecule has 1 aliphatic heterocycles. The summed E-state index contributed by atoms with van der Waals surface area (Å²) in [5, 5.41) is 0. The van der Waals surface area contributed by atoms with Crippen LogP contribution in [0.3, 0.4) is 0 Å². The van der Waals surface area contributed by atoms with E-state index in [9.17, 15) is 8.42 Å². The molecule has 0 bridgehead atoms. The number of rotatable bonds is 0. The van der Waals surface area contributed by atoms with Crippen LogP contribution in [0, 0.1) is 0 Å². The highest BCUT2D eigenvalue weighted by molar-refractivity contribution is 7.92. The third-order valence-corrected chi connectivity index (χ3v) is 5.01. The van der Waals surface area contributed by atoms with Crippen molar-refractivity contribution in [3.8, 4) is 11.1 Å². The van der Waals surface area contributed by atoms with E-state index >= 15 is 0 Å². The summed E-state index contributed by atoms with van der Waals surface area (Å²) < 4.78 is 24.2. The zero-order valence-electron chi connectivity index (χ0n) is 10.7. The SMILES string of the molecule is O=S1(=O)c2ccccc2-c2ccccc21.c1cc[nH]c1. The van der Waals surface area contributed by atoms with Crippen molar-refractivity contribution in [1.82, 2.24) is 4.98 Å². The molecule has 3 aromatic rings. The molecule has 1 aromatic heterocycles. The molecule has 0 aliphatic carbocycles. The molecule has 0 atom stereocenters. The molecule has 1 aliphatic rings. The van der Waals surface area contributed by atoms with Gasteiger partial charge in [0, 0.05) is 23.5 Å². The lowest BCUT2D eigenvalue weighted by Gasteiger charge is -1.95. The highest BCUT2D eigenvalue weighted by atomic mass is 32.2. The summed E-state index contributed by atoms with van der Waals surface area (Å²) in [6.45, 7) is 0. The number of benzene rings is 2. The fraction of sp³-hybridized carbons (Fsp3) is 0. The number of H-pyrrole nitrogens is 1. The van der Waals surface area contributed by atoms with Gasteiger partial charge in [-0.3, -0.25) is 0 Å². The second kappa shape index (κ2) is 4.98. The Balaban J connectivity index is 0.000000205. The lowest BCUT2D eigenvalue weighted by Crippen LogP contribution is -1.95. The van der Waals surface area contributed by atoms with Crippen molar-refractivity contribution >= 4 is 9.84 Å². The first-order valence-corrected chi connectivity index (χ1v) is 7.71. The number of nitrogens with one attached hydrogen (secondary N) is 1. The largest absolute Gasteiger partial charge is 0.368 e. The second-order valence-corrected chi connectivity index (χ2v) is 6.27. The fourth-order valence-corrected chi connectivity index (χ4v) is 3.93. The highest BCUT2D eigenvalue weighted by Crippen LogP contribution is 2.42. The molecule has 1 N–H and O–H groups in total. The molecule has 100 valence electrons. The van der Waals surface area contributed by atoms with Gasteiger partial charge < -0.3 is 4.98 Å². The average molecular weight is 283 g/mol. The Bertz CT molecular complexity index is 752. The average Bonchev–Trinajstić information content (AvgIpc) is 3.12. The van der Waals surface area contributed by atoms with Gasteiger partial charge in [-0.1, -0.05) is 36.4 Å². The summed E-state index contributed by atoms with van der Waals surface area (Å²) in [6.07, 6.45) is 3.75. The minimum absolute atomic E-state index is 0.422. The molecule has 0 saturated carbocycles. The van der Waals surface area contributed by atoms with Crippen LogP contribution in [0.4, 0.5) is 0 Å². The molecule has 4 heteroatoms. The summed E-state index contributed by atoms with van der Waals surface area (Å²) >= 11 is 0. The predicted molar refractivity (Wildman–Crippen MR) is 78.1 cm³/mol. The van der Waals surface area contributed by atoms with E-state index in [1.807, 2.05) is 48.8 Å². The van der Waals surface area contributed by atoms with Gasteiger partial charge in [0.15, 0.2) is 0 Å². The molecule has 4 rings (SSSR count). The predicted octanol–water partition coefficient (Wildman–Crippen LogP) is 3.51. The summed E-state index contributed by atoms with van der Waals surface area (Å²) in [5.74, 6) is 0. The number of sulfone groups is 1. The number of aromatic nitrogens is 1. The Morgan fingerprint density at radius 3 is 1.50 bits per heavy atom. The van der Waals surface area contributed by atoms with Gasteiger partial charge in [0.05, 0.1) is 9.79 Å². The normalized spacial score (nSPS) is 13.8. The molecule has 0 radical (unpaired) electrons. The van der Waals surface area contributed by atoms with Crippen molar-refractivity contribution in [2.75, 3.05) is 0 Å². The molecular weight excluding hydrogens is 270 g/mol. The zero-order valence-corrected chi connectivity index (χ0v) is 11.5. The zero-order chi connectivity index (χ0) is 14.0. The molecule has 0 spiro atoms. The van der Waals surface area contributed by atoms with Crippen molar-refractivity contribution < 1.29 is 8.42 Å².